The van der Waals surface area contributed by atoms with Gasteiger partial charge in [-0.05, 0) is 43.2 Å². The lowest BCUT2D eigenvalue weighted by Crippen LogP contribution is -2.19. The van der Waals surface area contributed by atoms with Crippen LogP contribution in [0.15, 0.2) is 18.2 Å². The molecule has 1 fully saturated rings. The monoisotopic (exact) mass is 296 g/mol. The van der Waals surface area contributed by atoms with Crippen LogP contribution in [0.4, 0.5) is 11.4 Å². The van der Waals surface area contributed by atoms with Crippen LogP contribution >= 0.6 is 11.6 Å². The first-order valence-electron chi connectivity index (χ1n) is 7.08. The summed E-state index contributed by atoms with van der Waals surface area (Å²) in [7, 11) is 0. The number of halogens is 1. The first kappa shape index (κ1) is 15.1. The van der Waals surface area contributed by atoms with Crippen molar-refractivity contribution in [2.24, 2.45) is 5.41 Å². The topological polar surface area (TPSA) is 55.2 Å². The van der Waals surface area contributed by atoms with E-state index in [0.29, 0.717) is 16.1 Å². The number of rotatable bonds is 3. The lowest BCUT2D eigenvalue weighted by atomic mass is 9.85. The van der Waals surface area contributed by atoms with Crippen LogP contribution in [0.25, 0.3) is 0 Å². The van der Waals surface area contributed by atoms with Gasteiger partial charge in [0, 0.05) is 17.1 Å². The van der Waals surface area contributed by atoms with Crippen molar-refractivity contribution in [3.05, 3.63) is 33.3 Å². The van der Waals surface area contributed by atoms with Crippen molar-refractivity contribution in [1.29, 1.82) is 0 Å². The maximum atomic E-state index is 11.1. The molecule has 1 aliphatic rings. The van der Waals surface area contributed by atoms with Crippen LogP contribution in [0, 0.1) is 15.5 Å². The zero-order chi connectivity index (χ0) is 14.8. The summed E-state index contributed by atoms with van der Waals surface area (Å²) in [6.07, 6.45) is 5.59. The molecule has 1 aliphatic carbocycles. The van der Waals surface area contributed by atoms with Crippen molar-refractivity contribution in [3.63, 3.8) is 0 Å². The van der Waals surface area contributed by atoms with Gasteiger partial charge in [0.25, 0.3) is 5.69 Å². The Kier molecular flexibility index (Phi) is 4.53. The van der Waals surface area contributed by atoms with Crippen LogP contribution in [0.2, 0.25) is 5.02 Å². The van der Waals surface area contributed by atoms with Gasteiger partial charge in [0.2, 0.25) is 0 Å². The highest BCUT2D eigenvalue weighted by Crippen LogP contribution is 2.36. The maximum absolute atomic E-state index is 11.1. The minimum Gasteiger partial charge on any atom is -0.377 e. The number of anilines is 1. The standard InChI is InChI=1S/C15H21ClN2O2/c1-15(2)8-3-4-12(7-9-15)17-13-10-11(16)5-6-14(13)18(19)20/h5-6,10,12,17H,3-4,7-9H2,1-2H3. The number of nitro benzene ring substituents is 1. The summed E-state index contributed by atoms with van der Waals surface area (Å²) in [5.74, 6) is 0. The highest BCUT2D eigenvalue weighted by molar-refractivity contribution is 6.31. The van der Waals surface area contributed by atoms with Crippen molar-refractivity contribution in [2.45, 2.75) is 52.0 Å². The zero-order valence-corrected chi connectivity index (χ0v) is 12.7. The molecule has 1 unspecified atom stereocenters. The molecule has 5 heteroatoms. The Morgan fingerprint density at radius 3 is 2.80 bits per heavy atom. The van der Waals surface area contributed by atoms with Gasteiger partial charge in [-0.1, -0.05) is 31.9 Å². The van der Waals surface area contributed by atoms with Crippen LogP contribution in [0.5, 0.6) is 0 Å². The van der Waals surface area contributed by atoms with E-state index in [2.05, 4.69) is 19.2 Å². The smallest absolute Gasteiger partial charge is 0.292 e. The first-order valence-corrected chi connectivity index (χ1v) is 7.46. The molecule has 0 heterocycles. The number of benzene rings is 1. The van der Waals surface area contributed by atoms with E-state index in [0.717, 1.165) is 25.7 Å². The van der Waals surface area contributed by atoms with E-state index in [1.807, 2.05) is 0 Å². The van der Waals surface area contributed by atoms with Gasteiger partial charge in [-0.15, -0.1) is 0 Å². The average Bonchev–Trinajstić information content (AvgIpc) is 2.51. The lowest BCUT2D eigenvalue weighted by Gasteiger charge is -2.22. The fraction of sp³-hybridized carbons (Fsp3) is 0.600. The van der Waals surface area contributed by atoms with E-state index >= 15 is 0 Å². The largest absolute Gasteiger partial charge is 0.377 e. The highest BCUT2D eigenvalue weighted by Gasteiger charge is 2.25. The molecule has 1 N–H and O–H groups in total. The van der Waals surface area contributed by atoms with Gasteiger partial charge in [0.15, 0.2) is 0 Å². The molecule has 2 rings (SSSR count). The summed E-state index contributed by atoms with van der Waals surface area (Å²) in [5.41, 5.74) is 1.00. The molecule has 1 atom stereocenters. The summed E-state index contributed by atoms with van der Waals surface area (Å²) in [6.45, 7) is 4.58. The Morgan fingerprint density at radius 2 is 2.10 bits per heavy atom. The molecule has 0 aromatic heterocycles. The maximum Gasteiger partial charge on any atom is 0.292 e. The SMILES string of the molecule is CC1(C)CCCC(Nc2cc(Cl)ccc2[N+](=O)[O-])CC1. The van der Waals surface area contributed by atoms with E-state index in [-0.39, 0.29) is 16.7 Å². The highest BCUT2D eigenvalue weighted by atomic mass is 35.5. The Morgan fingerprint density at radius 1 is 1.35 bits per heavy atom. The normalized spacial score (nSPS) is 22.1. The summed E-state index contributed by atoms with van der Waals surface area (Å²) in [6, 6.07) is 4.95. The van der Waals surface area contributed by atoms with Gasteiger partial charge in [0.05, 0.1) is 4.92 Å². The Hall–Kier alpha value is -1.29. The Bertz CT molecular complexity index is 503. The Labute approximate surface area is 124 Å². The molecule has 110 valence electrons. The lowest BCUT2D eigenvalue weighted by molar-refractivity contribution is -0.384. The summed E-state index contributed by atoms with van der Waals surface area (Å²) >= 11 is 5.95. The third-order valence-electron chi connectivity index (χ3n) is 4.09. The van der Waals surface area contributed by atoms with E-state index in [1.165, 1.54) is 12.5 Å². The molecule has 4 nitrogen and oxygen atoms in total. The molecular weight excluding hydrogens is 276 g/mol. The number of nitro groups is 1. The molecule has 20 heavy (non-hydrogen) atoms. The number of hydrogen-bond acceptors (Lipinski definition) is 3. The quantitative estimate of drug-likeness (QED) is 0.484. The molecule has 0 aliphatic heterocycles. The molecular formula is C15H21ClN2O2. The van der Waals surface area contributed by atoms with Gasteiger partial charge in [-0.2, -0.15) is 0 Å². The minimum absolute atomic E-state index is 0.0953. The van der Waals surface area contributed by atoms with Gasteiger partial charge in [0.1, 0.15) is 5.69 Å². The second-order valence-electron chi connectivity index (χ2n) is 6.35. The van der Waals surface area contributed by atoms with Gasteiger partial charge < -0.3 is 5.32 Å². The van der Waals surface area contributed by atoms with E-state index < -0.39 is 0 Å². The van der Waals surface area contributed by atoms with Crippen molar-refractivity contribution in [2.75, 3.05) is 5.32 Å². The number of hydrogen-bond donors (Lipinski definition) is 1. The molecule has 1 aromatic carbocycles. The average molecular weight is 297 g/mol. The van der Waals surface area contributed by atoms with Crippen LogP contribution in [-0.4, -0.2) is 11.0 Å². The summed E-state index contributed by atoms with van der Waals surface area (Å²) < 4.78 is 0. The van der Waals surface area contributed by atoms with Crippen LogP contribution in [0.1, 0.15) is 46.0 Å². The summed E-state index contributed by atoms with van der Waals surface area (Å²) in [5, 5.41) is 14.9. The third-order valence-corrected chi connectivity index (χ3v) is 4.33. The number of nitrogens with zero attached hydrogens (tertiary/aromatic N) is 1. The molecule has 0 radical (unpaired) electrons. The van der Waals surface area contributed by atoms with Gasteiger partial charge in [-0.25, -0.2) is 0 Å². The predicted octanol–water partition coefficient (Wildman–Crippen LogP) is 5.02. The summed E-state index contributed by atoms with van der Waals surface area (Å²) in [4.78, 5) is 10.7. The first-order chi connectivity index (χ1) is 9.37. The molecule has 1 aromatic rings. The Balaban J connectivity index is 2.13. The van der Waals surface area contributed by atoms with Crippen molar-refractivity contribution < 1.29 is 4.92 Å². The van der Waals surface area contributed by atoms with E-state index in [4.69, 9.17) is 11.6 Å². The fourth-order valence-electron chi connectivity index (χ4n) is 2.81. The second kappa shape index (κ2) is 6.00. The van der Waals surface area contributed by atoms with Gasteiger partial charge >= 0.3 is 0 Å². The van der Waals surface area contributed by atoms with Crippen molar-refractivity contribution >= 4 is 23.0 Å². The van der Waals surface area contributed by atoms with E-state index in [9.17, 15) is 10.1 Å². The van der Waals surface area contributed by atoms with Crippen LogP contribution in [-0.2, 0) is 0 Å². The molecule has 0 saturated heterocycles. The molecule has 1 saturated carbocycles. The fourth-order valence-corrected chi connectivity index (χ4v) is 2.98. The zero-order valence-electron chi connectivity index (χ0n) is 12.0. The number of nitrogens with one attached hydrogen (secondary N) is 1. The second-order valence-corrected chi connectivity index (χ2v) is 6.79. The van der Waals surface area contributed by atoms with E-state index in [1.54, 1.807) is 12.1 Å². The van der Waals surface area contributed by atoms with Crippen LogP contribution < -0.4 is 5.32 Å². The van der Waals surface area contributed by atoms with Crippen molar-refractivity contribution in [1.82, 2.24) is 0 Å². The van der Waals surface area contributed by atoms with Crippen LogP contribution in [0.3, 0.4) is 0 Å². The molecule has 0 amide bonds. The third kappa shape index (κ3) is 3.85. The predicted molar refractivity (Wildman–Crippen MR) is 82.4 cm³/mol. The van der Waals surface area contributed by atoms with Gasteiger partial charge in [-0.3, -0.25) is 10.1 Å². The van der Waals surface area contributed by atoms with Crippen molar-refractivity contribution in [3.8, 4) is 0 Å². The minimum atomic E-state index is -0.362. The molecule has 0 spiro atoms. The molecule has 0 bridgehead atoms.